The fraction of sp³-hybridized carbons (Fsp3) is 0.136. The summed E-state index contributed by atoms with van der Waals surface area (Å²) in [6, 6.07) is 18.1. The third-order valence-corrected chi connectivity index (χ3v) is 5.35. The summed E-state index contributed by atoms with van der Waals surface area (Å²) >= 11 is 1.56. The van der Waals surface area contributed by atoms with Gasteiger partial charge in [0.15, 0.2) is 0 Å². The number of hydrogen-bond acceptors (Lipinski definition) is 4. The van der Waals surface area contributed by atoms with Crippen molar-refractivity contribution in [3.05, 3.63) is 77.4 Å². The van der Waals surface area contributed by atoms with Crippen LogP contribution in [0.3, 0.4) is 0 Å². The standard InChI is InChI=1S/C22H19N3OS/c1-2-15-8-10-17(11-9-15)22-24-18(14-27-22)13-20(26)25-19-7-3-5-16-6-4-12-23-21(16)19/h3-12,14H,2,13H2,1H3,(H,25,26). The molecule has 5 heteroatoms. The first kappa shape index (κ1) is 17.4. The summed E-state index contributed by atoms with van der Waals surface area (Å²) in [6.07, 6.45) is 2.99. The highest BCUT2D eigenvalue weighted by Gasteiger charge is 2.11. The van der Waals surface area contributed by atoms with Crippen LogP contribution < -0.4 is 5.32 Å². The Balaban J connectivity index is 1.47. The van der Waals surface area contributed by atoms with Gasteiger partial charge in [0.2, 0.25) is 5.91 Å². The molecule has 0 aliphatic carbocycles. The van der Waals surface area contributed by atoms with Gasteiger partial charge >= 0.3 is 0 Å². The van der Waals surface area contributed by atoms with Gasteiger partial charge in [-0.1, -0.05) is 49.4 Å². The second kappa shape index (κ2) is 7.68. The van der Waals surface area contributed by atoms with Gasteiger partial charge in [0.25, 0.3) is 0 Å². The van der Waals surface area contributed by atoms with Crippen LogP contribution in [0.25, 0.3) is 21.5 Å². The Morgan fingerprint density at radius 3 is 2.70 bits per heavy atom. The summed E-state index contributed by atoms with van der Waals surface area (Å²) in [5.74, 6) is -0.0914. The molecule has 0 radical (unpaired) electrons. The Morgan fingerprint density at radius 2 is 1.89 bits per heavy atom. The number of amides is 1. The van der Waals surface area contributed by atoms with Crippen LogP contribution >= 0.6 is 11.3 Å². The molecule has 0 bridgehead atoms. The van der Waals surface area contributed by atoms with Gasteiger partial charge < -0.3 is 5.32 Å². The molecule has 2 heterocycles. The number of hydrogen-bond donors (Lipinski definition) is 1. The van der Waals surface area contributed by atoms with Crippen LogP contribution in [-0.4, -0.2) is 15.9 Å². The van der Waals surface area contributed by atoms with Gasteiger partial charge in [-0.25, -0.2) is 4.98 Å². The molecule has 0 aliphatic rings. The molecule has 0 fully saturated rings. The molecule has 0 atom stereocenters. The van der Waals surface area contributed by atoms with E-state index in [-0.39, 0.29) is 12.3 Å². The summed E-state index contributed by atoms with van der Waals surface area (Å²) in [7, 11) is 0. The molecular weight excluding hydrogens is 354 g/mol. The summed E-state index contributed by atoms with van der Waals surface area (Å²) in [5.41, 5.74) is 4.69. The minimum atomic E-state index is -0.0914. The zero-order valence-electron chi connectivity index (χ0n) is 15.0. The highest BCUT2D eigenvalue weighted by atomic mass is 32.1. The minimum absolute atomic E-state index is 0.0914. The van der Waals surface area contributed by atoms with Gasteiger partial charge in [-0.2, -0.15) is 0 Å². The lowest BCUT2D eigenvalue weighted by Crippen LogP contribution is -2.15. The fourth-order valence-corrected chi connectivity index (χ4v) is 3.79. The predicted molar refractivity (Wildman–Crippen MR) is 111 cm³/mol. The Bertz CT molecular complexity index is 1080. The first-order valence-electron chi connectivity index (χ1n) is 8.90. The van der Waals surface area contributed by atoms with Crippen LogP contribution in [0.2, 0.25) is 0 Å². The molecule has 4 aromatic rings. The van der Waals surface area contributed by atoms with Crippen LogP contribution in [0.4, 0.5) is 5.69 Å². The van der Waals surface area contributed by atoms with E-state index in [1.807, 2.05) is 35.7 Å². The minimum Gasteiger partial charge on any atom is -0.324 e. The van der Waals surface area contributed by atoms with E-state index in [0.29, 0.717) is 0 Å². The second-order valence-corrected chi connectivity index (χ2v) is 7.16. The lowest BCUT2D eigenvalue weighted by molar-refractivity contribution is -0.115. The van der Waals surface area contributed by atoms with Crippen molar-refractivity contribution >= 4 is 33.8 Å². The third kappa shape index (κ3) is 3.88. The van der Waals surface area contributed by atoms with E-state index in [0.717, 1.165) is 39.3 Å². The molecule has 1 amide bonds. The number of rotatable bonds is 5. The molecular formula is C22H19N3OS. The van der Waals surface area contributed by atoms with E-state index in [2.05, 4.69) is 46.5 Å². The SMILES string of the molecule is CCc1ccc(-c2nc(CC(=O)Nc3cccc4cccnc34)cs2)cc1. The summed E-state index contributed by atoms with van der Waals surface area (Å²) in [5, 5.41) is 6.85. The average Bonchev–Trinajstić information content (AvgIpc) is 3.16. The number of para-hydroxylation sites is 1. The lowest BCUT2D eigenvalue weighted by atomic mass is 10.1. The number of aromatic nitrogens is 2. The van der Waals surface area contributed by atoms with Gasteiger partial charge in [0, 0.05) is 22.5 Å². The van der Waals surface area contributed by atoms with E-state index >= 15 is 0 Å². The first-order valence-corrected chi connectivity index (χ1v) is 9.78. The van der Waals surface area contributed by atoms with Crippen molar-refractivity contribution in [1.29, 1.82) is 0 Å². The number of thiazole rings is 1. The van der Waals surface area contributed by atoms with Crippen molar-refractivity contribution < 1.29 is 4.79 Å². The van der Waals surface area contributed by atoms with Gasteiger partial charge in [-0.15, -0.1) is 11.3 Å². The summed E-state index contributed by atoms with van der Waals surface area (Å²) in [4.78, 5) is 21.5. The normalized spacial score (nSPS) is 10.9. The zero-order chi connectivity index (χ0) is 18.6. The van der Waals surface area contributed by atoms with Crippen LogP contribution in [0, 0.1) is 0 Å². The molecule has 0 spiro atoms. The molecule has 4 rings (SSSR count). The number of fused-ring (bicyclic) bond motifs is 1. The number of carbonyl (C=O) groups is 1. The predicted octanol–water partition coefficient (Wildman–Crippen LogP) is 5.10. The van der Waals surface area contributed by atoms with Gasteiger partial charge in [0.05, 0.1) is 23.3 Å². The molecule has 0 unspecified atom stereocenters. The van der Waals surface area contributed by atoms with Gasteiger partial charge in [0.1, 0.15) is 5.01 Å². The number of aryl methyl sites for hydroxylation is 1. The number of benzene rings is 2. The Kier molecular flexibility index (Phi) is 4.94. The number of pyridine rings is 1. The van der Waals surface area contributed by atoms with Crippen molar-refractivity contribution in [3.63, 3.8) is 0 Å². The van der Waals surface area contributed by atoms with Crippen LogP contribution in [-0.2, 0) is 17.6 Å². The molecule has 2 aromatic carbocycles. The van der Waals surface area contributed by atoms with Crippen molar-refractivity contribution in [3.8, 4) is 10.6 Å². The maximum Gasteiger partial charge on any atom is 0.230 e. The molecule has 27 heavy (non-hydrogen) atoms. The smallest absolute Gasteiger partial charge is 0.230 e. The van der Waals surface area contributed by atoms with Crippen molar-refractivity contribution in [2.45, 2.75) is 19.8 Å². The zero-order valence-corrected chi connectivity index (χ0v) is 15.8. The van der Waals surface area contributed by atoms with Crippen molar-refractivity contribution in [2.24, 2.45) is 0 Å². The van der Waals surface area contributed by atoms with Crippen molar-refractivity contribution in [1.82, 2.24) is 9.97 Å². The van der Waals surface area contributed by atoms with E-state index in [1.165, 1.54) is 5.56 Å². The van der Waals surface area contributed by atoms with E-state index in [9.17, 15) is 4.79 Å². The summed E-state index contributed by atoms with van der Waals surface area (Å²) in [6.45, 7) is 2.14. The Labute approximate surface area is 161 Å². The maximum absolute atomic E-state index is 12.5. The van der Waals surface area contributed by atoms with Crippen LogP contribution in [0.5, 0.6) is 0 Å². The second-order valence-electron chi connectivity index (χ2n) is 6.30. The topological polar surface area (TPSA) is 54.9 Å². The molecule has 4 nitrogen and oxygen atoms in total. The quantitative estimate of drug-likeness (QED) is 0.529. The van der Waals surface area contributed by atoms with Crippen LogP contribution in [0.1, 0.15) is 18.2 Å². The molecule has 0 saturated carbocycles. The third-order valence-electron chi connectivity index (χ3n) is 4.41. The number of nitrogens with one attached hydrogen (secondary N) is 1. The lowest BCUT2D eigenvalue weighted by Gasteiger charge is -2.07. The van der Waals surface area contributed by atoms with E-state index in [1.54, 1.807) is 17.5 Å². The van der Waals surface area contributed by atoms with Gasteiger partial charge in [-0.3, -0.25) is 9.78 Å². The average molecular weight is 373 g/mol. The highest BCUT2D eigenvalue weighted by Crippen LogP contribution is 2.25. The number of anilines is 1. The van der Waals surface area contributed by atoms with Crippen molar-refractivity contribution in [2.75, 3.05) is 5.32 Å². The maximum atomic E-state index is 12.5. The van der Waals surface area contributed by atoms with E-state index < -0.39 is 0 Å². The first-order chi connectivity index (χ1) is 13.2. The fourth-order valence-electron chi connectivity index (χ4n) is 2.97. The number of carbonyl (C=O) groups excluding carboxylic acids is 1. The molecule has 2 aromatic heterocycles. The Hall–Kier alpha value is -3.05. The number of nitrogens with zero attached hydrogens (tertiary/aromatic N) is 2. The largest absolute Gasteiger partial charge is 0.324 e. The Morgan fingerprint density at radius 1 is 1.07 bits per heavy atom. The highest BCUT2D eigenvalue weighted by molar-refractivity contribution is 7.13. The van der Waals surface area contributed by atoms with E-state index in [4.69, 9.17) is 0 Å². The van der Waals surface area contributed by atoms with Crippen LogP contribution in [0.15, 0.2) is 66.2 Å². The monoisotopic (exact) mass is 373 g/mol. The molecule has 0 saturated heterocycles. The summed E-state index contributed by atoms with van der Waals surface area (Å²) < 4.78 is 0. The molecule has 0 aliphatic heterocycles. The molecule has 134 valence electrons. The molecule has 1 N–H and O–H groups in total. The van der Waals surface area contributed by atoms with Gasteiger partial charge in [-0.05, 0) is 24.1 Å².